The number of carbonyl (C=O) groups is 2. The Hall–Kier alpha value is -2.11. The lowest BCUT2D eigenvalue weighted by atomic mass is 10.2. The van der Waals surface area contributed by atoms with E-state index in [2.05, 4.69) is 10.3 Å². The van der Waals surface area contributed by atoms with Crippen LogP contribution >= 0.6 is 0 Å². The van der Waals surface area contributed by atoms with Gasteiger partial charge in [0.15, 0.2) is 0 Å². The lowest BCUT2D eigenvalue weighted by molar-refractivity contribution is -0.143. The van der Waals surface area contributed by atoms with Crippen molar-refractivity contribution in [1.82, 2.24) is 10.3 Å². The minimum Gasteiger partial charge on any atom is -0.480 e. The van der Waals surface area contributed by atoms with Crippen LogP contribution in [0.3, 0.4) is 0 Å². The zero-order valence-corrected chi connectivity index (χ0v) is 9.14. The molecule has 90 valence electrons. The highest BCUT2D eigenvalue weighted by Gasteiger charge is 2.51. The number of aromatic nitrogens is 1. The van der Waals surface area contributed by atoms with E-state index >= 15 is 0 Å². The second-order valence-electron chi connectivity index (χ2n) is 4.20. The van der Waals surface area contributed by atoms with E-state index in [4.69, 9.17) is 10.8 Å². The van der Waals surface area contributed by atoms with E-state index in [1.54, 1.807) is 12.1 Å². The Kier molecular flexibility index (Phi) is 2.71. The normalized spacial score (nSPS) is 16.2. The summed E-state index contributed by atoms with van der Waals surface area (Å²) in [4.78, 5) is 26.5. The van der Waals surface area contributed by atoms with Gasteiger partial charge in [-0.3, -0.25) is 9.78 Å². The number of nitrogen functional groups attached to an aromatic ring is 1. The van der Waals surface area contributed by atoms with E-state index in [1.165, 1.54) is 6.20 Å². The molecule has 0 atom stereocenters. The number of carboxylic acid groups (broad SMARTS) is 1. The first kappa shape index (κ1) is 11.4. The van der Waals surface area contributed by atoms with Crippen molar-refractivity contribution in [2.75, 3.05) is 5.73 Å². The van der Waals surface area contributed by atoms with E-state index in [-0.39, 0.29) is 12.3 Å². The fourth-order valence-corrected chi connectivity index (χ4v) is 1.53. The Balaban J connectivity index is 1.94. The number of hydrogen-bond donors (Lipinski definition) is 3. The molecule has 0 bridgehead atoms. The molecule has 0 aliphatic heterocycles. The average Bonchev–Trinajstić information content (AvgIpc) is 3.02. The maximum atomic E-state index is 11.6. The molecule has 1 heterocycles. The fourth-order valence-electron chi connectivity index (χ4n) is 1.53. The van der Waals surface area contributed by atoms with Crippen LogP contribution in [0.15, 0.2) is 18.3 Å². The number of carboxylic acids is 1. The molecule has 0 spiro atoms. The van der Waals surface area contributed by atoms with E-state index < -0.39 is 11.5 Å². The van der Waals surface area contributed by atoms with Gasteiger partial charge in [0.2, 0.25) is 5.91 Å². The third-order valence-corrected chi connectivity index (χ3v) is 2.73. The molecule has 1 aliphatic rings. The van der Waals surface area contributed by atoms with Gasteiger partial charge in [-0.1, -0.05) is 0 Å². The number of aliphatic carboxylic acids is 1. The van der Waals surface area contributed by atoms with Gasteiger partial charge < -0.3 is 16.2 Å². The number of pyridine rings is 1. The number of nitrogens with two attached hydrogens (primary N) is 1. The molecule has 1 aromatic heterocycles. The number of rotatable bonds is 4. The van der Waals surface area contributed by atoms with Crippen LogP contribution in [0.25, 0.3) is 0 Å². The highest BCUT2D eigenvalue weighted by Crippen LogP contribution is 2.35. The van der Waals surface area contributed by atoms with Gasteiger partial charge in [0, 0.05) is 5.69 Å². The summed E-state index contributed by atoms with van der Waals surface area (Å²) in [6.45, 7) is 0. The summed E-state index contributed by atoms with van der Waals surface area (Å²) >= 11 is 0. The van der Waals surface area contributed by atoms with Crippen LogP contribution < -0.4 is 11.1 Å². The number of amides is 1. The van der Waals surface area contributed by atoms with Crippen molar-refractivity contribution in [3.63, 3.8) is 0 Å². The van der Waals surface area contributed by atoms with Gasteiger partial charge in [-0.2, -0.15) is 0 Å². The largest absolute Gasteiger partial charge is 0.480 e. The molecule has 0 unspecified atom stereocenters. The molecule has 1 fully saturated rings. The molecule has 1 aromatic rings. The van der Waals surface area contributed by atoms with Crippen LogP contribution in [-0.4, -0.2) is 27.5 Å². The highest BCUT2D eigenvalue weighted by molar-refractivity contribution is 5.90. The lowest BCUT2D eigenvalue weighted by Gasteiger charge is -2.11. The Morgan fingerprint density at radius 1 is 1.47 bits per heavy atom. The first-order chi connectivity index (χ1) is 8.02. The molecule has 0 aromatic carbocycles. The number of hydrogen-bond acceptors (Lipinski definition) is 4. The van der Waals surface area contributed by atoms with Crippen LogP contribution in [0, 0.1) is 0 Å². The van der Waals surface area contributed by atoms with Crippen LogP contribution in [0.1, 0.15) is 18.5 Å². The summed E-state index contributed by atoms with van der Waals surface area (Å²) in [7, 11) is 0. The van der Waals surface area contributed by atoms with Crippen molar-refractivity contribution in [2.45, 2.75) is 24.8 Å². The van der Waals surface area contributed by atoms with Gasteiger partial charge in [0.1, 0.15) is 5.54 Å². The third-order valence-electron chi connectivity index (χ3n) is 2.73. The molecule has 0 saturated heterocycles. The summed E-state index contributed by atoms with van der Waals surface area (Å²) in [6, 6.07) is 3.30. The maximum absolute atomic E-state index is 11.6. The van der Waals surface area contributed by atoms with Gasteiger partial charge in [-0.05, 0) is 25.0 Å². The number of anilines is 1. The summed E-state index contributed by atoms with van der Waals surface area (Å²) < 4.78 is 0. The Labute approximate surface area is 97.8 Å². The van der Waals surface area contributed by atoms with Crippen LogP contribution in [-0.2, 0) is 16.0 Å². The van der Waals surface area contributed by atoms with Crippen molar-refractivity contribution in [3.8, 4) is 0 Å². The molecular formula is C11H13N3O3. The van der Waals surface area contributed by atoms with Crippen molar-refractivity contribution in [1.29, 1.82) is 0 Å². The predicted octanol–water partition coefficient (Wildman–Crippen LogP) is -0.0603. The molecule has 1 aliphatic carbocycles. The third kappa shape index (κ3) is 2.52. The smallest absolute Gasteiger partial charge is 0.329 e. The molecule has 17 heavy (non-hydrogen) atoms. The van der Waals surface area contributed by atoms with Gasteiger partial charge in [-0.15, -0.1) is 0 Å². The van der Waals surface area contributed by atoms with E-state index in [9.17, 15) is 9.59 Å². The van der Waals surface area contributed by atoms with E-state index in [0.717, 1.165) is 0 Å². The summed E-state index contributed by atoms with van der Waals surface area (Å²) in [5.74, 6) is -1.31. The monoisotopic (exact) mass is 235 g/mol. The molecule has 4 N–H and O–H groups in total. The topological polar surface area (TPSA) is 105 Å². The minimum atomic E-state index is -1.04. The molecule has 1 amide bonds. The predicted molar refractivity (Wildman–Crippen MR) is 60.1 cm³/mol. The zero-order chi connectivity index (χ0) is 12.5. The fraction of sp³-hybridized carbons (Fsp3) is 0.364. The van der Waals surface area contributed by atoms with Crippen molar-refractivity contribution < 1.29 is 14.7 Å². The summed E-state index contributed by atoms with van der Waals surface area (Å²) in [6.07, 6.45) is 2.51. The first-order valence-electron chi connectivity index (χ1n) is 5.27. The molecular weight excluding hydrogens is 222 g/mol. The molecule has 1 saturated carbocycles. The summed E-state index contributed by atoms with van der Waals surface area (Å²) in [5, 5.41) is 11.4. The molecule has 6 nitrogen and oxygen atoms in total. The van der Waals surface area contributed by atoms with Crippen molar-refractivity contribution >= 4 is 17.6 Å². The van der Waals surface area contributed by atoms with Gasteiger partial charge >= 0.3 is 5.97 Å². The molecule has 0 radical (unpaired) electrons. The van der Waals surface area contributed by atoms with Crippen LogP contribution in [0.4, 0.5) is 5.69 Å². The van der Waals surface area contributed by atoms with Gasteiger partial charge in [0.05, 0.1) is 18.3 Å². The highest BCUT2D eigenvalue weighted by atomic mass is 16.4. The Bertz CT molecular complexity index is 452. The number of nitrogens with one attached hydrogen (secondary N) is 1. The quantitative estimate of drug-likeness (QED) is 0.678. The number of nitrogens with zero attached hydrogens (tertiary/aromatic N) is 1. The van der Waals surface area contributed by atoms with Crippen molar-refractivity contribution in [3.05, 3.63) is 24.0 Å². The van der Waals surface area contributed by atoms with Crippen LogP contribution in [0.2, 0.25) is 0 Å². The SMILES string of the molecule is Nc1ccc(CC(=O)NC2(C(=O)O)CC2)nc1. The van der Waals surface area contributed by atoms with Gasteiger partial charge in [0.25, 0.3) is 0 Å². The molecule has 2 rings (SSSR count). The second-order valence-corrected chi connectivity index (χ2v) is 4.20. The lowest BCUT2D eigenvalue weighted by Crippen LogP contribution is -2.43. The zero-order valence-electron chi connectivity index (χ0n) is 9.14. The van der Waals surface area contributed by atoms with E-state index in [0.29, 0.717) is 24.2 Å². The van der Waals surface area contributed by atoms with Crippen molar-refractivity contribution in [2.24, 2.45) is 0 Å². The standard InChI is InChI=1S/C11H13N3O3/c12-7-1-2-8(13-6-7)5-9(15)14-11(3-4-11)10(16)17/h1-2,6H,3-5,12H2,(H,14,15)(H,16,17). The maximum Gasteiger partial charge on any atom is 0.329 e. The minimum absolute atomic E-state index is 0.0648. The molecule has 6 heteroatoms. The second kappa shape index (κ2) is 4.04. The first-order valence-corrected chi connectivity index (χ1v) is 5.27. The number of carbonyl (C=O) groups excluding carboxylic acids is 1. The Morgan fingerprint density at radius 3 is 2.65 bits per heavy atom. The summed E-state index contributed by atoms with van der Waals surface area (Å²) in [5.41, 5.74) is 5.53. The Morgan fingerprint density at radius 2 is 2.18 bits per heavy atom. The van der Waals surface area contributed by atoms with Crippen LogP contribution in [0.5, 0.6) is 0 Å². The van der Waals surface area contributed by atoms with E-state index in [1.807, 2.05) is 0 Å². The average molecular weight is 235 g/mol. The van der Waals surface area contributed by atoms with Gasteiger partial charge in [-0.25, -0.2) is 4.79 Å².